The lowest BCUT2D eigenvalue weighted by Gasteiger charge is -2.17. The molecule has 0 bridgehead atoms. The normalized spacial score (nSPS) is 11.4. The Kier molecular flexibility index (Phi) is 5.92. The summed E-state index contributed by atoms with van der Waals surface area (Å²) in [5.74, 6) is 0. The Hall–Kier alpha value is -4.16. The molecule has 0 fully saturated rings. The van der Waals surface area contributed by atoms with Crippen LogP contribution >= 0.6 is 0 Å². The Morgan fingerprint density at radius 3 is 1.11 bits per heavy atom. The Balaban J connectivity index is 1.55. The van der Waals surface area contributed by atoms with E-state index in [-0.39, 0.29) is 0 Å². The topological polar surface area (TPSA) is 0 Å². The summed E-state index contributed by atoms with van der Waals surface area (Å²) in [4.78, 5) is 0. The molecule has 0 heterocycles. The number of aryl methyl sites for hydroxylation is 6. The SMILES string of the molecule is Cc1ccc(-c2ccc(C)c(-c3cccc4c(C)ccc(C)c34)c2)cc1-c1cccc2c(C)ccc(C)c12. The molecule has 0 saturated heterocycles. The van der Waals surface area contributed by atoms with Crippen LogP contribution in [0.4, 0.5) is 0 Å². The van der Waals surface area contributed by atoms with Crippen LogP contribution < -0.4 is 0 Å². The van der Waals surface area contributed by atoms with E-state index in [0.717, 1.165) is 0 Å². The van der Waals surface area contributed by atoms with E-state index in [2.05, 4.69) is 139 Å². The summed E-state index contributed by atoms with van der Waals surface area (Å²) in [5, 5.41) is 5.40. The minimum Gasteiger partial charge on any atom is -0.0610 e. The van der Waals surface area contributed by atoms with Gasteiger partial charge in [-0.05, 0) is 142 Å². The molecule has 0 aromatic heterocycles. The third kappa shape index (κ3) is 3.92. The van der Waals surface area contributed by atoms with E-state index in [9.17, 15) is 0 Å². The van der Waals surface area contributed by atoms with Crippen molar-refractivity contribution in [1.82, 2.24) is 0 Å². The smallest absolute Gasteiger partial charge is 0.00734 e. The summed E-state index contributed by atoms with van der Waals surface area (Å²) >= 11 is 0. The summed E-state index contributed by atoms with van der Waals surface area (Å²) in [6.45, 7) is 13.3. The average molecular weight is 491 g/mol. The molecule has 0 aliphatic rings. The molecule has 0 heteroatoms. The van der Waals surface area contributed by atoms with Crippen molar-refractivity contribution in [3.05, 3.63) is 130 Å². The van der Waals surface area contributed by atoms with Crippen LogP contribution in [0.15, 0.2) is 97.1 Å². The molecule has 0 unspecified atom stereocenters. The van der Waals surface area contributed by atoms with Gasteiger partial charge in [0.15, 0.2) is 0 Å². The van der Waals surface area contributed by atoms with E-state index in [1.54, 1.807) is 0 Å². The lowest BCUT2D eigenvalue weighted by atomic mass is 9.87. The predicted molar refractivity (Wildman–Crippen MR) is 166 cm³/mol. The quantitative estimate of drug-likeness (QED) is 0.231. The van der Waals surface area contributed by atoms with Crippen molar-refractivity contribution in [3.8, 4) is 33.4 Å². The van der Waals surface area contributed by atoms with E-state index >= 15 is 0 Å². The van der Waals surface area contributed by atoms with Gasteiger partial charge < -0.3 is 0 Å². The third-order valence-corrected chi connectivity index (χ3v) is 8.32. The summed E-state index contributed by atoms with van der Waals surface area (Å²) < 4.78 is 0. The molecule has 6 aromatic carbocycles. The molecule has 38 heavy (non-hydrogen) atoms. The molecule has 0 amide bonds. The fraction of sp³-hybridized carbons (Fsp3) is 0.158. The maximum Gasteiger partial charge on any atom is -0.00734 e. The standard InChI is InChI=1S/C38H34/c1-23-13-15-27(5)37-31(23)9-7-11-33(37)35-21-29(19-17-25(35)3)30-20-18-26(4)36(22-30)34-12-8-10-32-24(2)14-16-28(6)38(32)34/h7-22H,1-6H3. The second-order valence-corrected chi connectivity index (χ2v) is 10.9. The van der Waals surface area contributed by atoms with Gasteiger partial charge in [0.25, 0.3) is 0 Å². The van der Waals surface area contributed by atoms with E-state index in [0.29, 0.717) is 0 Å². The van der Waals surface area contributed by atoms with E-state index in [1.807, 2.05) is 0 Å². The van der Waals surface area contributed by atoms with Gasteiger partial charge in [0.1, 0.15) is 0 Å². The molecule has 0 atom stereocenters. The minimum absolute atomic E-state index is 1.25. The van der Waals surface area contributed by atoms with Crippen LogP contribution in [0.3, 0.4) is 0 Å². The summed E-state index contributed by atoms with van der Waals surface area (Å²) in [7, 11) is 0. The van der Waals surface area contributed by atoms with Crippen LogP contribution in [0.2, 0.25) is 0 Å². The van der Waals surface area contributed by atoms with Gasteiger partial charge in [-0.1, -0.05) is 84.9 Å². The summed E-state index contributed by atoms with van der Waals surface area (Å²) in [6, 6.07) is 36.3. The second-order valence-electron chi connectivity index (χ2n) is 10.9. The summed E-state index contributed by atoms with van der Waals surface area (Å²) in [6.07, 6.45) is 0. The lowest BCUT2D eigenvalue weighted by molar-refractivity contribution is 1.42. The minimum atomic E-state index is 1.25. The maximum atomic E-state index is 2.39. The third-order valence-electron chi connectivity index (χ3n) is 8.32. The number of rotatable bonds is 3. The van der Waals surface area contributed by atoms with E-state index < -0.39 is 0 Å². The number of hydrogen-bond acceptors (Lipinski definition) is 0. The van der Waals surface area contributed by atoms with Crippen molar-refractivity contribution in [2.75, 3.05) is 0 Å². The molecule has 6 aromatic rings. The van der Waals surface area contributed by atoms with Gasteiger partial charge in [0.2, 0.25) is 0 Å². The number of hydrogen-bond donors (Lipinski definition) is 0. The van der Waals surface area contributed by atoms with Crippen LogP contribution in [0.25, 0.3) is 54.9 Å². The van der Waals surface area contributed by atoms with Crippen LogP contribution in [-0.4, -0.2) is 0 Å². The first-order valence-corrected chi connectivity index (χ1v) is 13.5. The van der Waals surface area contributed by atoms with Crippen molar-refractivity contribution in [3.63, 3.8) is 0 Å². The Morgan fingerprint density at radius 2 is 0.684 bits per heavy atom. The van der Waals surface area contributed by atoms with Crippen molar-refractivity contribution in [1.29, 1.82) is 0 Å². The molecule has 0 aliphatic carbocycles. The number of fused-ring (bicyclic) bond motifs is 2. The zero-order chi connectivity index (χ0) is 26.6. The molecule has 186 valence electrons. The average Bonchev–Trinajstić information content (AvgIpc) is 2.93. The van der Waals surface area contributed by atoms with Crippen molar-refractivity contribution < 1.29 is 0 Å². The zero-order valence-corrected chi connectivity index (χ0v) is 23.2. The molecule has 0 N–H and O–H groups in total. The molecular weight excluding hydrogens is 456 g/mol. The first-order chi connectivity index (χ1) is 18.3. The Bertz CT molecular complexity index is 1730. The first kappa shape index (κ1) is 24.2. The van der Waals surface area contributed by atoms with Gasteiger partial charge in [0.05, 0.1) is 0 Å². The lowest BCUT2D eigenvalue weighted by Crippen LogP contribution is -1.92. The van der Waals surface area contributed by atoms with E-state index in [4.69, 9.17) is 0 Å². The van der Waals surface area contributed by atoms with Crippen LogP contribution in [0.1, 0.15) is 33.4 Å². The predicted octanol–water partition coefficient (Wildman–Crippen LogP) is 10.8. The second kappa shape index (κ2) is 9.30. The fourth-order valence-corrected chi connectivity index (χ4v) is 6.09. The molecular formula is C38H34. The van der Waals surface area contributed by atoms with Gasteiger partial charge >= 0.3 is 0 Å². The molecule has 0 nitrogen and oxygen atoms in total. The van der Waals surface area contributed by atoms with Crippen LogP contribution in [0.5, 0.6) is 0 Å². The van der Waals surface area contributed by atoms with Gasteiger partial charge in [0, 0.05) is 0 Å². The van der Waals surface area contributed by atoms with Gasteiger partial charge in [-0.2, -0.15) is 0 Å². The highest BCUT2D eigenvalue weighted by atomic mass is 14.2. The fourth-order valence-electron chi connectivity index (χ4n) is 6.09. The van der Waals surface area contributed by atoms with Crippen molar-refractivity contribution in [2.24, 2.45) is 0 Å². The molecule has 6 rings (SSSR count). The zero-order valence-electron chi connectivity index (χ0n) is 23.2. The molecule has 0 radical (unpaired) electrons. The molecule has 0 spiro atoms. The van der Waals surface area contributed by atoms with Gasteiger partial charge in [-0.3, -0.25) is 0 Å². The maximum absolute atomic E-state index is 2.39. The van der Waals surface area contributed by atoms with Gasteiger partial charge in [-0.15, -0.1) is 0 Å². The Labute approximate surface area is 226 Å². The highest BCUT2D eigenvalue weighted by Crippen LogP contribution is 2.39. The van der Waals surface area contributed by atoms with Crippen LogP contribution in [-0.2, 0) is 0 Å². The van der Waals surface area contributed by atoms with E-state index in [1.165, 1.54) is 88.3 Å². The molecule has 0 saturated carbocycles. The van der Waals surface area contributed by atoms with Crippen molar-refractivity contribution in [2.45, 2.75) is 41.5 Å². The Morgan fingerprint density at radius 1 is 0.316 bits per heavy atom. The number of benzene rings is 6. The van der Waals surface area contributed by atoms with Crippen molar-refractivity contribution >= 4 is 21.5 Å². The molecule has 0 aliphatic heterocycles. The largest absolute Gasteiger partial charge is 0.0610 e. The highest BCUT2D eigenvalue weighted by molar-refractivity contribution is 6.03. The monoisotopic (exact) mass is 490 g/mol. The first-order valence-electron chi connectivity index (χ1n) is 13.5. The van der Waals surface area contributed by atoms with Crippen LogP contribution in [0, 0.1) is 41.5 Å². The summed E-state index contributed by atoms with van der Waals surface area (Å²) in [5.41, 5.74) is 15.6. The highest BCUT2D eigenvalue weighted by Gasteiger charge is 2.14. The van der Waals surface area contributed by atoms with Gasteiger partial charge in [-0.25, -0.2) is 0 Å².